The van der Waals surface area contributed by atoms with E-state index in [0.29, 0.717) is 12.6 Å². The summed E-state index contributed by atoms with van der Waals surface area (Å²) in [5, 5.41) is 3.70. The van der Waals surface area contributed by atoms with E-state index in [-0.39, 0.29) is 0 Å². The summed E-state index contributed by atoms with van der Waals surface area (Å²) in [6, 6.07) is 15.6. The normalized spacial score (nSPS) is 17.1. The lowest BCUT2D eigenvalue weighted by Gasteiger charge is -2.27. The molecule has 2 aromatic carbocycles. The molecule has 1 aliphatic rings. The van der Waals surface area contributed by atoms with Crippen molar-refractivity contribution in [3.63, 3.8) is 0 Å². The highest BCUT2D eigenvalue weighted by molar-refractivity contribution is 5.54. The van der Waals surface area contributed by atoms with Gasteiger partial charge in [-0.2, -0.15) is 0 Å². The fourth-order valence-electron chi connectivity index (χ4n) is 3.10. The number of fused-ring (bicyclic) bond motifs is 1. The predicted octanol–water partition coefficient (Wildman–Crippen LogP) is 4.36. The van der Waals surface area contributed by atoms with Gasteiger partial charge in [0.25, 0.3) is 0 Å². The van der Waals surface area contributed by atoms with Gasteiger partial charge in [-0.3, -0.25) is 0 Å². The van der Waals surface area contributed by atoms with Crippen LogP contribution in [-0.4, -0.2) is 12.6 Å². The fraction of sp³-hybridized carbons (Fsp3) is 0.368. The van der Waals surface area contributed by atoms with E-state index in [1.54, 1.807) is 0 Å². The zero-order valence-corrected chi connectivity index (χ0v) is 12.9. The summed E-state index contributed by atoms with van der Waals surface area (Å²) < 4.78 is 5.55. The van der Waals surface area contributed by atoms with E-state index >= 15 is 0 Å². The molecule has 0 spiro atoms. The van der Waals surface area contributed by atoms with Gasteiger partial charge in [0.05, 0.1) is 6.61 Å². The summed E-state index contributed by atoms with van der Waals surface area (Å²) in [5.74, 6) is 0.953. The Bertz CT molecular complexity index is 621. The van der Waals surface area contributed by atoms with E-state index in [1.807, 2.05) is 6.92 Å². The third-order valence-electron chi connectivity index (χ3n) is 4.22. The molecule has 1 N–H and O–H groups in total. The zero-order chi connectivity index (χ0) is 14.7. The van der Waals surface area contributed by atoms with Gasteiger partial charge in [-0.15, -0.1) is 0 Å². The van der Waals surface area contributed by atoms with Crippen LogP contribution in [0.3, 0.4) is 0 Å². The number of aryl methyl sites for hydroxylation is 2. The summed E-state index contributed by atoms with van der Waals surface area (Å²) in [6.07, 6.45) is 3.48. The number of benzene rings is 2. The van der Waals surface area contributed by atoms with Crippen LogP contribution in [0.1, 0.15) is 30.0 Å². The highest BCUT2D eigenvalue weighted by Crippen LogP contribution is 2.26. The molecular weight excluding hydrogens is 258 g/mol. The Morgan fingerprint density at radius 1 is 1.14 bits per heavy atom. The monoisotopic (exact) mass is 281 g/mol. The van der Waals surface area contributed by atoms with Crippen LogP contribution in [0.4, 0.5) is 5.69 Å². The molecule has 2 heteroatoms. The average molecular weight is 281 g/mol. The van der Waals surface area contributed by atoms with E-state index in [4.69, 9.17) is 4.74 Å². The molecule has 0 aromatic heterocycles. The number of rotatable bonds is 4. The van der Waals surface area contributed by atoms with Gasteiger partial charge < -0.3 is 10.1 Å². The van der Waals surface area contributed by atoms with E-state index in [1.165, 1.54) is 35.2 Å². The van der Waals surface area contributed by atoms with Crippen molar-refractivity contribution in [2.45, 2.75) is 39.2 Å². The van der Waals surface area contributed by atoms with Crippen molar-refractivity contribution in [3.05, 3.63) is 59.2 Å². The SMILES string of the molecule is CCOc1ccc(NC2CCc3ccccc3C2)c(C)c1. The predicted molar refractivity (Wildman–Crippen MR) is 88.2 cm³/mol. The maximum atomic E-state index is 5.55. The molecule has 2 nitrogen and oxygen atoms in total. The van der Waals surface area contributed by atoms with Gasteiger partial charge in [-0.25, -0.2) is 0 Å². The lowest BCUT2D eigenvalue weighted by atomic mass is 9.88. The van der Waals surface area contributed by atoms with Gasteiger partial charge >= 0.3 is 0 Å². The highest BCUT2D eigenvalue weighted by atomic mass is 16.5. The Kier molecular flexibility index (Phi) is 4.14. The number of ether oxygens (including phenoxy) is 1. The van der Waals surface area contributed by atoms with Crippen LogP contribution in [-0.2, 0) is 12.8 Å². The van der Waals surface area contributed by atoms with Crippen LogP contribution in [0.15, 0.2) is 42.5 Å². The van der Waals surface area contributed by atoms with Crippen LogP contribution in [0.5, 0.6) is 5.75 Å². The topological polar surface area (TPSA) is 21.3 Å². The molecule has 0 bridgehead atoms. The Morgan fingerprint density at radius 2 is 1.95 bits per heavy atom. The molecule has 0 aliphatic heterocycles. The molecule has 2 aromatic rings. The van der Waals surface area contributed by atoms with Crippen molar-refractivity contribution in [2.24, 2.45) is 0 Å². The molecule has 1 aliphatic carbocycles. The highest BCUT2D eigenvalue weighted by Gasteiger charge is 2.18. The number of anilines is 1. The molecule has 1 unspecified atom stereocenters. The lowest BCUT2D eigenvalue weighted by molar-refractivity contribution is 0.340. The Hall–Kier alpha value is -1.96. The third kappa shape index (κ3) is 3.21. The summed E-state index contributed by atoms with van der Waals surface area (Å²) >= 11 is 0. The molecule has 110 valence electrons. The van der Waals surface area contributed by atoms with Crippen molar-refractivity contribution < 1.29 is 4.74 Å². The smallest absolute Gasteiger partial charge is 0.119 e. The largest absolute Gasteiger partial charge is 0.494 e. The van der Waals surface area contributed by atoms with Crippen molar-refractivity contribution in [2.75, 3.05) is 11.9 Å². The third-order valence-corrected chi connectivity index (χ3v) is 4.22. The quantitative estimate of drug-likeness (QED) is 0.899. The second kappa shape index (κ2) is 6.21. The molecule has 0 radical (unpaired) electrons. The fourth-order valence-corrected chi connectivity index (χ4v) is 3.10. The number of hydrogen-bond acceptors (Lipinski definition) is 2. The Balaban J connectivity index is 1.70. The van der Waals surface area contributed by atoms with Gasteiger partial charge in [0.1, 0.15) is 5.75 Å². The first-order valence-corrected chi connectivity index (χ1v) is 7.83. The van der Waals surface area contributed by atoms with E-state index < -0.39 is 0 Å². The molecule has 21 heavy (non-hydrogen) atoms. The Labute approximate surface area is 127 Å². The molecule has 0 saturated carbocycles. The Morgan fingerprint density at radius 3 is 2.71 bits per heavy atom. The minimum absolute atomic E-state index is 0.525. The molecule has 1 atom stereocenters. The number of nitrogens with one attached hydrogen (secondary N) is 1. The van der Waals surface area contributed by atoms with Gasteiger partial charge in [-0.05, 0) is 68.0 Å². The minimum atomic E-state index is 0.525. The summed E-state index contributed by atoms with van der Waals surface area (Å²) in [4.78, 5) is 0. The van der Waals surface area contributed by atoms with Gasteiger partial charge in [0, 0.05) is 11.7 Å². The second-order valence-corrected chi connectivity index (χ2v) is 5.76. The van der Waals surface area contributed by atoms with Crippen LogP contribution in [0.25, 0.3) is 0 Å². The molecule has 0 fully saturated rings. The summed E-state index contributed by atoms with van der Waals surface area (Å²) in [6.45, 7) is 4.87. The second-order valence-electron chi connectivity index (χ2n) is 5.76. The van der Waals surface area contributed by atoms with Crippen molar-refractivity contribution in [1.29, 1.82) is 0 Å². The molecule has 0 saturated heterocycles. The van der Waals surface area contributed by atoms with Crippen LogP contribution in [0, 0.1) is 6.92 Å². The van der Waals surface area contributed by atoms with Crippen molar-refractivity contribution >= 4 is 5.69 Å². The first-order valence-electron chi connectivity index (χ1n) is 7.83. The standard InChI is InChI=1S/C19H23NO/c1-3-21-18-10-11-19(14(2)12-18)20-17-9-8-15-6-4-5-7-16(15)13-17/h4-7,10-12,17,20H,3,8-9,13H2,1-2H3. The van der Waals surface area contributed by atoms with Gasteiger partial charge in [-0.1, -0.05) is 24.3 Å². The van der Waals surface area contributed by atoms with Crippen molar-refractivity contribution in [1.82, 2.24) is 0 Å². The first kappa shape index (κ1) is 14.0. The van der Waals surface area contributed by atoms with E-state index in [2.05, 4.69) is 54.7 Å². The maximum Gasteiger partial charge on any atom is 0.119 e. The average Bonchev–Trinajstić information content (AvgIpc) is 2.50. The van der Waals surface area contributed by atoms with Gasteiger partial charge in [0.15, 0.2) is 0 Å². The van der Waals surface area contributed by atoms with E-state index in [0.717, 1.165) is 12.2 Å². The summed E-state index contributed by atoms with van der Waals surface area (Å²) in [7, 11) is 0. The molecule has 0 heterocycles. The number of hydrogen-bond donors (Lipinski definition) is 1. The minimum Gasteiger partial charge on any atom is -0.494 e. The first-order chi connectivity index (χ1) is 10.3. The maximum absolute atomic E-state index is 5.55. The lowest BCUT2D eigenvalue weighted by Crippen LogP contribution is -2.27. The molecular formula is C19H23NO. The van der Waals surface area contributed by atoms with Crippen LogP contribution in [0.2, 0.25) is 0 Å². The zero-order valence-electron chi connectivity index (χ0n) is 12.9. The van der Waals surface area contributed by atoms with Crippen LogP contribution >= 0.6 is 0 Å². The molecule has 3 rings (SSSR count). The summed E-state index contributed by atoms with van der Waals surface area (Å²) in [5.41, 5.74) is 5.48. The van der Waals surface area contributed by atoms with Crippen LogP contribution < -0.4 is 10.1 Å². The molecule has 0 amide bonds. The van der Waals surface area contributed by atoms with Crippen molar-refractivity contribution in [3.8, 4) is 5.75 Å². The van der Waals surface area contributed by atoms with E-state index in [9.17, 15) is 0 Å². The van der Waals surface area contributed by atoms with Gasteiger partial charge in [0.2, 0.25) is 0 Å².